The fourth-order valence-corrected chi connectivity index (χ4v) is 2.22. The highest BCUT2D eigenvalue weighted by molar-refractivity contribution is 6.31. The maximum absolute atomic E-state index is 13.2. The van der Waals surface area contributed by atoms with Crippen LogP contribution in [0.25, 0.3) is 11.1 Å². The van der Waals surface area contributed by atoms with E-state index in [1.54, 1.807) is 12.1 Å². The van der Waals surface area contributed by atoms with Crippen LogP contribution in [0.15, 0.2) is 36.4 Å². The molecule has 0 saturated heterocycles. The minimum Gasteiger partial charge on any atom is -0.316 e. The van der Waals surface area contributed by atoms with Crippen LogP contribution in [-0.4, -0.2) is 7.05 Å². The van der Waals surface area contributed by atoms with E-state index < -0.39 is 5.82 Å². The number of nitrogens with one attached hydrogen (secondary N) is 1. The van der Waals surface area contributed by atoms with E-state index in [4.69, 9.17) is 23.2 Å². The van der Waals surface area contributed by atoms with Crippen LogP contribution < -0.4 is 5.32 Å². The van der Waals surface area contributed by atoms with Gasteiger partial charge in [0.25, 0.3) is 0 Å². The number of halogens is 3. The molecule has 0 aliphatic carbocycles. The Morgan fingerprint density at radius 1 is 1.11 bits per heavy atom. The van der Waals surface area contributed by atoms with E-state index in [1.807, 2.05) is 25.2 Å². The molecule has 2 aromatic rings. The molecule has 2 aromatic carbocycles. The summed E-state index contributed by atoms with van der Waals surface area (Å²) in [7, 11) is 1.86. The van der Waals surface area contributed by atoms with Crippen LogP contribution in [0.3, 0.4) is 0 Å². The molecule has 2 rings (SSSR count). The van der Waals surface area contributed by atoms with Gasteiger partial charge in [-0.15, -0.1) is 0 Å². The molecule has 18 heavy (non-hydrogen) atoms. The van der Waals surface area contributed by atoms with Gasteiger partial charge in [-0.05, 0) is 48.0 Å². The number of rotatable bonds is 3. The summed E-state index contributed by atoms with van der Waals surface area (Å²) < 4.78 is 13.2. The Balaban J connectivity index is 2.51. The van der Waals surface area contributed by atoms with Crippen molar-refractivity contribution < 1.29 is 4.39 Å². The third kappa shape index (κ3) is 2.83. The van der Waals surface area contributed by atoms with Gasteiger partial charge in [-0.2, -0.15) is 0 Å². The van der Waals surface area contributed by atoms with Gasteiger partial charge in [0.05, 0.1) is 5.02 Å². The Morgan fingerprint density at radius 3 is 2.56 bits per heavy atom. The minimum absolute atomic E-state index is 0.123. The predicted octanol–water partition coefficient (Wildman–Crippen LogP) is 4.52. The summed E-state index contributed by atoms with van der Waals surface area (Å²) >= 11 is 11.8. The van der Waals surface area contributed by atoms with Crippen LogP contribution in [0.1, 0.15) is 5.56 Å². The van der Waals surface area contributed by atoms with Crippen LogP contribution in [0.4, 0.5) is 4.39 Å². The lowest BCUT2D eigenvalue weighted by Crippen LogP contribution is -2.06. The fourth-order valence-electron chi connectivity index (χ4n) is 1.84. The molecule has 0 radical (unpaired) electrons. The first-order chi connectivity index (χ1) is 8.61. The van der Waals surface area contributed by atoms with Gasteiger partial charge in [-0.25, -0.2) is 4.39 Å². The molecule has 0 unspecified atom stereocenters. The molecule has 0 aliphatic rings. The SMILES string of the molecule is CNCc1cc(Cl)ccc1-c1ccc(F)c(Cl)c1. The average Bonchev–Trinajstić information content (AvgIpc) is 2.34. The lowest BCUT2D eigenvalue weighted by molar-refractivity contribution is 0.628. The Kier molecular flexibility index (Phi) is 4.23. The van der Waals surface area contributed by atoms with Crippen LogP contribution in [0.5, 0.6) is 0 Å². The number of hydrogen-bond acceptors (Lipinski definition) is 1. The first kappa shape index (κ1) is 13.3. The van der Waals surface area contributed by atoms with E-state index in [0.29, 0.717) is 11.6 Å². The van der Waals surface area contributed by atoms with Crippen molar-refractivity contribution >= 4 is 23.2 Å². The molecule has 0 atom stereocenters. The van der Waals surface area contributed by atoms with Gasteiger partial charge in [0.15, 0.2) is 0 Å². The average molecular weight is 284 g/mol. The predicted molar refractivity (Wildman–Crippen MR) is 74.6 cm³/mol. The quantitative estimate of drug-likeness (QED) is 0.873. The second-order valence-electron chi connectivity index (χ2n) is 3.96. The largest absolute Gasteiger partial charge is 0.316 e. The second kappa shape index (κ2) is 5.70. The Labute approximate surface area is 116 Å². The first-order valence-corrected chi connectivity index (χ1v) is 6.26. The third-order valence-corrected chi connectivity index (χ3v) is 3.19. The topological polar surface area (TPSA) is 12.0 Å². The van der Waals surface area contributed by atoms with Gasteiger partial charge in [-0.3, -0.25) is 0 Å². The molecule has 1 N–H and O–H groups in total. The third-order valence-electron chi connectivity index (χ3n) is 2.67. The highest BCUT2D eigenvalue weighted by Gasteiger charge is 2.08. The summed E-state index contributed by atoms with van der Waals surface area (Å²) in [4.78, 5) is 0. The highest BCUT2D eigenvalue weighted by atomic mass is 35.5. The Hall–Kier alpha value is -1.09. The van der Waals surface area contributed by atoms with Crippen molar-refractivity contribution in [3.8, 4) is 11.1 Å². The molecular weight excluding hydrogens is 272 g/mol. The molecule has 0 aliphatic heterocycles. The number of benzene rings is 2. The van der Waals surface area contributed by atoms with Gasteiger partial charge in [0, 0.05) is 11.6 Å². The summed E-state index contributed by atoms with van der Waals surface area (Å²) in [6, 6.07) is 10.3. The molecule has 0 saturated carbocycles. The van der Waals surface area contributed by atoms with E-state index in [0.717, 1.165) is 16.7 Å². The lowest BCUT2D eigenvalue weighted by Gasteiger charge is -2.10. The van der Waals surface area contributed by atoms with E-state index >= 15 is 0 Å². The van der Waals surface area contributed by atoms with Gasteiger partial charge < -0.3 is 5.32 Å². The van der Waals surface area contributed by atoms with Crippen LogP contribution >= 0.6 is 23.2 Å². The fraction of sp³-hybridized carbons (Fsp3) is 0.143. The summed E-state index contributed by atoms with van der Waals surface area (Å²) in [5.74, 6) is -0.412. The van der Waals surface area contributed by atoms with Crippen LogP contribution in [-0.2, 0) is 6.54 Å². The van der Waals surface area contributed by atoms with Crippen molar-refractivity contribution in [2.45, 2.75) is 6.54 Å². The molecule has 0 aromatic heterocycles. The Morgan fingerprint density at radius 2 is 1.89 bits per heavy atom. The molecular formula is C14H12Cl2FN. The molecule has 0 bridgehead atoms. The zero-order valence-electron chi connectivity index (χ0n) is 9.81. The standard InChI is InChI=1S/C14H12Cl2FN/c1-18-8-10-6-11(15)3-4-12(10)9-2-5-14(17)13(16)7-9/h2-7,18H,8H2,1H3. The van der Waals surface area contributed by atoms with Gasteiger partial charge in [0.1, 0.15) is 5.82 Å². The van der Waals surface area contributed by atoms with Crippen molar-refractivity contribution in [2.24, 2.45) is 0 Å². The molecule has 4 heteroatoms. The summed E-state index contributed by atoms with van der Waals surface area (Å²) in [5.41, 5.74) is 2.92. The van der Waals surface area contributed by atoms with Gasteiger partial charge >= 0.3 is 0 Å². The molecule has 0 heterocycles. The van der Waals surface area contributed by atoms with Crippen molar-refractivity contribution in [3.05, 3.63) is 57.8 Å². The maximum Gasteiger partial charge on any atom is 0.141 e. The summed E-state index contributed by atoms with van der Waals surface area (Å²) in [6.07, 6.45) is 0. The van der Waals surface area contributed by atoms with Crippen LogP contribution in [0.2, 0.25) is 10.0 Å². The monoisotopic (exact) mass is 283 g/mol. The highest BCUT2D eigenvalue weighted by Crippen LogP contribution is 2.29. The smallest absolute Gasteiger partial charge is 0.141 e. The van der Waals surface area contributed by atoms with Crippen molar-refractivity contribution in [2.75, 3.05) is 7.05 Å². The van der Waals surface area contributed by atoms with Gasteiger partial charge in [0.2, 0.25) is 0 Å². The van der Waals surface area contributed by atoms with Crippen LogP contribution in [0, 0.1) is 5.82 Å². The van der Waals surface area contributed by atoms with Crippen molar-refractivity contribution in [1.82, 2.24) is 5.32 Å². The van der Waals surface area contributed by atoms with E-state index in [-0.39, 0.29) is 5.02 Å². The normalized spacial score (nSPS) is 10.7. The Bertz CT molecular complexity index is 570. The lowest BCUT2D eigenvalue weighted by atomic mass is 9.99. The maximum atomic E-state index is 13.2. The van der Waals surface area contributed by atoms with E-state index in [2.05, 4.69) is 5.32 Å². The summed E-state index contributed by atoms with van der Waals surface area (Å²) in [6.45, 7) is 0.685. The molecule has 0 amide bonds. The molecule has 0 spiro atoms. The van der Waals surface area contributed by atoms with Crippen molar-refractivity contribution in [3.63, 3.8) is 0 Å². The molecule has 94 valence electrons. The van der Waals surface area contributed by atoms with Gasteiger partial charge in [-0.1, -0.05) is 35.3 Å². The zero-order chi connectivity index (χ0) is 13.1. The molecule has 0 fully saturated rings. The minimum atomic E-state index is -0.412. The van der Waals surface area contributed by atoms with E-state index in [9.17, 15) is 4.39 Å². The van der Waals surface area contributed by atoms with Crippen molar-refractivity contribution in [1.29, 1.82) is 0 Å². The first-order valence-electron chi connectivity index (χ1n) is 5.50. The van der Waals surface area contributed by atoms with E-state index in [1.165, 1.54) is 6.07 Å². The summed E-state index contributed by atoms with van der Waals surface area (Å²) in [5, 5.41) is 3.88. The second-order valence-corrected chi connectivity index (χ2v) is 4.80. The zero-order valence-corrected chi connectivity index (χ0v) is 11.3. The number of hydrogen-bond donors (Lipinski definition) is 1. The molecule has 1 nitrogen and oxygen atoms in total.